The first-order chi connectivity index (χ1) is 14.2. The van der Waals surface area contributed by atoms with E-state index in [1.54, 1.807) is 6.20 Å². The van der Waals surface area contributed by atoms with E-state index in [9.17, 15) is 4.79 Å². The Kier molecular flexibility index (Phi) is 7.60. The molecule has 0 radical (unpaired) electrons. The molecule has 6 nitrogen and oxygen atoms in total. The van der Waals surface area contributed by atoms with E-state index in [0.717, 1.165) is 28.3 Å². The van der Waals surface area contributed by atoms with E-state index in [1.807, 2.05) is 73.7 Å². The summed E-state index contributed by atoms with van der Waals surface area (Å²) in [7, 11) is 0. The molecule has 1 aromatic heterocycles. The molecular weight excluding hydrogens is 366 g/mol. The van der Waals surface area contributed by atoms with Crippen molar-refractivity contribution in [1.82, 2.24) is 10.3 Å². The zero-order chi connectivity index (χ0) is 20.3. The molecule has 3 rings (SSSR count). The second kappa shape index (κ2) is 10.8. The summed E-state index contributed by atoms with van der Waals surface area (Å²) in [5.74, 6) is 0.758. The number of urea groups is 1. The Morgan fingerprint density at radius 2 is 1.76 bits per heavy atom. The largest absolute Gasteiger partial charge is 0.487 e. The second-order valence-electron chi connectivity index (χ2n) is 6.36. The molecule has 0 aliphatic carbocycles. The van der Waals surface area contributed by atoms with E-state index < -0.39 is 0 Å². The van der Waals surface area contributed by atoms with E-state index in [1.165, 1.54) is 0 Å². The molecule has 0 aliphatic heterocycles. The van der Waals surface area contributed by atoms with Crippen LogP contribution in [0.15, 0.2) is 72.9 Å². The highest BCUT2D eigenvalue weighted by atomic mass is 16.5. The van der Waals surface area contributed by atoms with Gasteiger partial charge < -0.3 is 20.1 Å². The smallest absolute Gasteiger partial charge is 0.319 e. The lowest BCUT2D eigenvalue weighted by atomic mass is 10.2. The van der Waals surface area contributed by atoms with Crippen molar-refractivity contribution in [2.75, 3.05) is 11.9 Å². The van der Waals surface area contributed by atoms with Crippen LogP contribution in [0.5, 0.6) is 5.75 Å². The maximum absolute atomic E-state index is 12.2. The normalized spacial score (nSPS) is 10.4. The first-order valence-corrected chi connectivity index (χ1v) is 9.56. The summed E-state index contributed by atoms with van der Waals surface area (Å²) in [6.07, 6.45) is 1.74. The van der Waals surface area contributed by atoms with Gasteiger partial charge in [-0.3, -0.25) is 4.98 Å². The van der Waals surface area contributed by atoms with Gasteiger partial charge in [0.05, 0.1) is 12.3 Å². The molecule has 0 atom stereocenters. The van der Waals surface area contributed by atoms with E-state index in [-0.39, 0.29) is 6.03 Å². The molecule has 2 amide bonds. The Morgan fingerprint density at radius 1 is 0.966 bits per heavy atom. The van der Waals surface area contributed by atoms with E-state index in [0.29, 0.717) is 26.4 Å². The van der Waals surface area contributed by atoms with Crippen molar-refractivity contribution >= 4 is 11.7 Å². The van der Waals surface area contributed by atoms with Gasteiger partial charge in [-0.1, -0.05) is 36.4 Å². The lowest BCUT2D eigenvalue weighted by molar-refractivity contribution is 0.134. The molecule has 0 spiro atoms. The molecule has 0 unspecified atom stereocenters. The highest BCUT2D eigenvalue weighted by Crippen LogP contribution is 2.16. The van der Waals surface area contributed by atoms with Crippen LogP contribution in [0.25, 0.3) is 0 Å². The maximum atomic E-state index is 12.2. The zero-order valence-corrected chi connectivity index (χ0v) is 16.4. The quantitative estimate of drug-likeness (QED) is 0.563. The van der Waals surface area contributed by atoms with Crippen LogP contribution in [0.2, 0.25) is 0 Å². The monoisotopic (exact) mass is 391 g/mol. The van der Waals surface area contributed by atoms with Crippen molar-refractivity contribution in [2.45, 2.75) is 26.7 Å². The molecule has 0 fully saturated rings. The number of carbonyl (C=O) groups excluding carboxylic acids is 1. The highest BCUT2D eigenvalue weighted by molar-refractivity contribution is 5.90. The fourth-order valence-electron chi connectivity index (χ4n) is 2.67. The number of hydrogen-bond donors (Lipinski definition) is 2. The van der Waals surface area contributed by atoms with Crippen LogP contribution in [0.3, 0.4) is 0 Å². The van der Waals surface area contributed by atoms with Crippen molar-refractivity contribution in [3.63, 3.8) is 0 Å². The van der Waals surface area contributed by atoms with Crippen LogP contribution in [-0.2, 0) is 24.5 Å². The van der Waals surface area contributed by atoms with Crippen LogP contribution >= 0.6 is 0 Å². The van der Waals surface area contributed by atoms with Gasteiger partial charge in [-0.25, -0.2) is 4.79 Å². The second-order valence-corrected chi connectivity index (χ2v) is 6.36. The number of rotatable bonds is 9. The summed E-state index contributed by atoms with van der Waals surface area (Å²) in [5, 5.41) is 5.74. The Hall–Kier alpha value is -3.38. The van der Waals surface area contributed by atoms with Gasteiger partial charge in [-0.05, 0) is 42.8 Å². The number of nitrogens with one attached hydrogen (secondary N) is 2. The third-order valence-corrected chi connectivity index (χ3v) is 4.22. The predicted molar refractivity (Wildman–Crippen MR) is 113 cm³/mol. The molecule has 0 saturated heterocycles. The highest BCUT2D eigenvalue weighted by Gasteiger charge is 2.06. The number of hydrogen-bond acceptors (Lipinski definition) is 4. The standard InChI is InChI=1S/C23H25N3O3/c1-2-28-16-19-7-3-4-9-22(19)26-23(27)25-15-18-10-12-21(13-11-18)29-17-20-8-5-6-14-24-20/h3-14H,2,15-17H2,1H3,(H2,25,26,27). The van der Waals surface area contributed by atoms with Gasteiger partial charge in [0.1, 0.15) is 12.4 Å². The van der Waals surface area contributed by atoms with Gasteiger partial charge in [0.15, 0.2) is 0 Å². The van der Waals surface area contributed by atoms with Gasteiger partial charge in [-0.2, -0.15) is 0 Å². The first kappa shape index (κ1) is 20.4. The molecule has 1 heterocycles. The van der Waals surface area contributed by atoms with Crippen molar-refractivity contribution in [1.29, 1.82) is 0 Å². The van der Waals surface area contributed by atoms with Crippen LogP contribution in [0.1, 0.15) is 23.7 Å². The average molecular weight is 391 g/mol. The average Bonchev–Trinajstić information content (AvgIpc) is 2.77. The van der Waals surface area contributed by atoms with Crippen LogP contribution in [0, 0.1) is 0 Å². The summed E-state index contributed by atoms with van der Waals surface area (Å²) < 4.78 is 11.2. The fraction of sp³-hybridized carbons (Fsp3) is 0.217. The summed E-state index contributed by atoms with van der Waals surface area (Å²) in [6, 6.07) is 20.7. The molecule has 0 aliphatic rings. The molecule has 29 heavy (non-hydrogen) atoms. The number of ether oxygens (including phenoxy) is 2. The molecule has 0 saturated carbocycles. The number of anilines is 1. The van der Waals surface area contributed by atoms with Crippen LogP contribution in [-0.4, -0.2) is 17.6 Å². The van der Waals surface area contributed by atoms with Crippen LogP contribution in [0.4, 0.5) is 10.5 Å². The summed E-state index contributed by atoms with van der Waals surface area (Å²) in [6.45, 7) is 3.87. The third-order valence-electron chi connectivity index (χ3n) is 4.22. The molecule has 0 bridgehead atoms. The lowest BCUT2D eigenvalue weighted by Gasteiger charge is -2.12. The number of para-hydroxylation sites is 1. The minimum Gasteiger partial charge on any atom is -0.487 e. The molecule has 2 aromatic carbocycles. The van der Waals surface area contributed by atoms with Crippen LogP contribution < -0.4 is 15.4 Å². The van der Waals surface area contributed by atoms with E-state index in [2.05, 4.69) is 15.6 Å². The minimum absolute atomic E-state index is 0.260. The molecule has 150 valence electrons. The number of benzene rings is 2. The third kappa shape index (κ3) is 6.62. The fourth-order valence-corrected chi connectivity index (χ4v) is 2.67. The number of carbonyl (C=O) groups is 1. The van der Waals surface area contributed by atoms with Gasteiger partial charge in [-0.15, -0.1) is 0 Å². The maximum Gasteiger partial charge on any atom is 0.319 e. The topological polar surface area (TPSA) is 72.5 Å². The Labute approximate surface area is 170 Å². The molecular formula is C23H25N3O3. The molecule has 6 heteroatoms. The Bertz CT molecular complexity index is 899. The van der Waals surface area contributed by atoms with Gasteiger partial charge >= 0.3 is 6.03 Å². The summed E-state index contributed by atoms with van der Waals surface area (Å²) in [4.78, 5) is 16.5. The van der Waals surface area contributed by atoms with Gasteiger partial charge in [0.2, 0.25) is 0 Å². The number of pyridine rings is 1. The minimum atomic E-state index is -0.260. The summed E-state index contributed by atoms with van der Waals surface area (Å²) in [5.41, 5.74) is 3.54. The van der Waals surface area contributed by atoms with Crippen molar-refractivity contribution < 1.29 is 14.3 Å². The first-order valence-electron chi connectivity index (χ1n) is 9.56. The van der Waals surface area contributed by atoms with Crippen molar-refractivity contribution in [3.8, 4) is 5.75 Å². The number of aromatic nitrogens is 1. The Balaban J connectivity index is 1.47. The van der Waals surface area contributed by atoms with Gasteiger partial charge in [0, 0.05) is 30.6 Å². The Morgan fingerprint density at radius 3 is 2.52 bits per heavy atom. The van der Waals surface area contributed by atoms with E-state index in [4.69, 9.17) is 9.47 Å². The van der Waals surface area contributed by atoms with Crippen molar-refractivity contribution in [3.05, 3.63) is 89.7 Å². The molecule has 3 aromatic rings. The zero-order valence-electron chi connectivity index (χ0n) is 16.4. The van der Waals surface area contributed by atoms with Gasteiger partial charge in [0.25, 0.3) is 0 Å². The van der Waals surface area contributed by atoms with E-state index >= 15 is 0 Å². The van der Waals surface area contributed by atoms with Crippen molar-refractivity contribution in [2.24, 2.45) is 0 Å². The molecule has 2 N–H and O–H groups in total. The lowest BCUT2D eigenvalue weighted by Crippen LogP contribution is -2.28. The summed E-state index contributed by atoms with van der Waals surface area (Å²) >= 11 is 0. The number of nitrogens with zero attached hydrogens (tertiary/aromatic N) is 1. The SMILES string of the molecule is CCOCc1ccccc1NC(=O)NCc1ccc(OCc2ccccn2)cc1. The predicted octanol–water partition coefficient (Wildman–Crippen LogP) is 4.52. The number of amides is 2.